The number of nitrogens with zero attached hydrogens (tertiary/aromatic N) is 3. The molecule has 0 saturated heterocycles. The summed E-state index contributed by atoms with van der Waals surface area (Å²) in [6.07, 6.45) is 2.37. The molecular weight excluding hydrogens is 248 g/mol. The minimum absolute atomic E-state index is 0.330. The van der Waals surface area contributed by atoms with Gasteiger partial charge in [-0.05, 0) is 40.8 Å². The highest BCUT2D eigenvalue weighted by molar-refractivity contribution is 6.30. The van der Waals surface area contributed by atoms with Crippen LogP contribution >= 0.6 is 11.6 Å². The predicted octanol–water partition coefficient (Wildman–Crippen LogP) is 2.68. The van der Waals surface area contributed by atoms with Gasteiger partial charge in [-0.15, -0.1) is 0 Å². The number of hydrogen-bond acceptors (Lipinski definition) is 4. The second-order valence-electron chi connectivity index (χ2n) is 5.43. The van der Waals surface area contributed by atoms with E-state index >= 15 is 0 Å². The molecule has 4 nitrogen and oxygen atoms in total. The first-order chi connectivity index (χ1) is 8.47. The molecule has 1 aliphatic carbocycles. The Bertz CT molecular complexity index is 429. The van der Waals surface area contributed by atoms with Crippen LogP contribution in [0.4, 0.5) is 5.82 Å². The lowest BCUT2D eigenvalue weighted by atomic mass is 10.2. The van der Waals surface area contributed by atoms with E-state index in [9.17, 15) is 0 Å². The molecule has 0 amide bonds. The summed E-state index contributed by atoms with van der Waals surface area (Å²) in [7, 11) is 4.13. The first kappa shape index (κ1) is 13.6. The molecule has 1 heterocycles. The van der Waals surface area contributed by atoms with Crippen LogP contribution in [0.3, 0.4) is 0 Å². The number of likely N-dealkylation sites (N-methyl/N-ethyl adjacent to an activating group) is 1. The average molecular weight is 269 g/mol. The van der Waals surface area contributed by atoms with Gasteiger partial charge in [-0.25, -0.2) is 9.97 Å². The lowest BCUT2D eigenvalue weighted by Crippen LogP contribution is -2.30. The van der Waals surface area contributed by atoms with Crippen molar-refractivity contribution in [2.75, 3.05) is 26.0 Å². The number of halogens is 1. The van der Waals surface area contributed by atoms with Crippen LogP contribution in [-0.4, -0.2) is 41.5 Å². The van der Waals surface area contributed by atoms with Crippen LogP contribution in [0.25, 0.3) is 0 Å². The molecule has 0 radical (unpaired) electrons. The highest BCUT2D eigenvalue weighted by Gasteiger charge is 2.28. The van der Waals surface area contributed by atoms with Gasteiger partial charge in [0.15, 0.2) is 0 Å². The van der Waals surface area contributed by atoms with Crippen LogP contribution in [0, 0.1) is 6.92 Å². The Morgan fingerprint density at radius 2 is 2.06 bits per heavy atom. The van der Waals surface area contributed by atoms with Crippen LogP contribution in [0.5, 0.6) is 0 Å². The maximum atomic E-state index is 6.18. The molecule has 1 saturated carbocycles. The Labute approximate surface area is 114 Å². The minimum Gasteiger partial charge on any atom is -0.366 e. The first-order valence-electron chi connectivity index (χ1n) is 6.42. The van der Waals surface area contributed by atoms with Crippen molar-refractivity contribution < 1.29 is 0 Å². The SMILES string of the molecule is Cc1c(Cl)nc(C2CC2)nc1NC(C)CN(C)C. The molecule has 0 bridgehead atoms. The minimum atomic E-state index is 0.330. The molecule has 1 aliphatic rings. The smallest absolute Gasteiger partial charge is 0.137 e. The summed E-state index contributed by atoms with van der Waals surface area (Å²) < 4.78 is 0. The Balaban J connectivity index is 2.15. The lowest BCUT2D eigenvalue weighted by Gasteiger charge is -2.20. The van der Waals surface area contributed by atoms with Crippen molar-refractivity contribution in [2.45, 2.75) is 38.6 Å². The Morgan fingerprint density at radius 3 is 2.61 bits per heavy atom. The van der Waals surface area contributed by atoms with Gasteiger partial charge in [0.25, 0.3) is 0 Å². The van der Waals surface area contributed by atoms with Crippen LogP contribution in [-0.2, 0) is 0 Å². The topological polar surface area (TPSA) is 41.1 Å². The highest BCUT2D eigenvalue weighted by atomic mass is 35.5. The third-order valence-electron chi connectivity index (χ3n) is 3.07. The second-order valence-corrected chi connectivity index (χ2v) is 5.79. The van der Waals surface area contributed by atoms with Gasteiger partial charge in [-0.3, -0.25) is 0 Å². The maximum absolute atomic E-state index is 6.18. The van der Waals surface area contributed by atoms with Crippen LogP contribution < -0.4 is 5.32 Å². The Morgan fingerprint density at radius 1 is 1.39 bits per heavy atom. The van der Waals surface area contributed by atoms with Crippen molar-refractivity contribution in [1.82, 2.24) is 14.9 Å². The Hall–Kier alpha value is -0.870. The summed E-state index contributed by atoms with van der Waals surface area (Å²) in [6.45, 7) is 5.07. The van der Waals surface area contributed by atoms with Gasteiger partial charge in [0, 0.05) is 24.1 Å². The van der Waals surface area contributed by atoms with Crippen molar-refractivity contribution in [1.29, 1.82) is 0 Å². The monoisotopic (exact) mass is 268 g/mol. The van der Waals surface area contributed by atoms with Crippen molar-refractivity contribution in [3.63, 3.8) is 0 Å². The number of anilines is 1. The summed E-state index contributed by atoms with van der Waals surface area (Å²) in [6, 6.07) is 0.330. The van der Waals surface area contributed by atoms with E-state index in [4.69, 9.17) is 11.6 Å². The van der Waals surface area contributed by atoms with Gasteiger partial charge < -0.3 is 10.2 Å². The van der Waals surface area contributed by atoms with E-state index in [1.54, 1.807) is 0 Å². The molecule has 0 aliphatic heterocycles. The van der Waals surface area contributed by atoms with E-state index in [0.717, 1.165) is 23.8 Å². The molecular formula is C13H21ClN4. The number of rotatable bonds is 5. The molecule has 18 heavy (non-hydrogen) atoms. The molecule has 2 rings (SSSR count). The highest BCUT2D eigenvalue weighted by Crippen LogP contribution is 2.39. The fraction of sp³-hybridized carbons (Fsp3) is 0.692. The summed E-state index contributed by atoms with van der Waals surface area (Å²) in [5, 5.41) is 4.00. The van der Waals surface area contributed by atoms with Gasteiger partial charge in [0.2, 0.25) is 0 Å². The van der Waals surface area contributed by atoms with Gasteiger partial charge in [0.05, 0.1) is 0 Å². The first-order valence-corrected chi connectivity index (χ1v) is 6.80. The van der Waals surface area contributed by atoms with Crippen molar-refractivity contribution >= 4 is 17.4 Å². The van der Waals surface area contributed by atoms with Crippen molar-refractivity contribution in [3.05, 3.63) is 16.5 Å². The standard InChI is InChI=1S/C13H21ClN4/c1-8(7-18(3)4)15-12-9(2)11(14)16-13(17-12)10-5-6-10/h8,10H,5-7H2,1-4H3,(H,15,16,17). The van der Waals surface area contributed by atoms with Crippen LogP contribution in [0.15, 0.2) is 0 Å². The van der Waals surface area contributed by atoms with Gasteiger partial charge in [-0.1, -0.05) is 11.6 Å². The third kappa shape index (κ3) is 3.33. The van der Waals surface area contributed by atoms with E-state index in [-0.39, 0.29) is 0 Å². The summed E-state index contributed by atoms with van der Waals surface area (Å²) in [5.74, 6) is 2.30. The Kier molecular flexibility index (Phi) is 4.07. The van der Waals surface area contributed by atoms with Gasteiger partial charge in [-0.2, -0.15) is 0 Å². The zero-order valence-corrected chi connectivity index (χ0v) is 12.3. The second kappa shape index (κ2) is 5.41. The van der Waals surface area contributed by atoms with E-state index in [0.29, 0.717) is 17.1 Å². The van der Waals surface area contributed by atoms with E-state index in [2.05, 4.69) is 41.2 Å². The summed E-state index contributed by atoms with van der Waals surface area (Å²) >= 11 is 6.18. The number of nitrogens with one attached hydrogen (secondary N) is 1. The van der Waals surface area contributed by atoms with Crippen LogP contribution in [0.1, 0.15) is 37.1 Å². The van der Waals surface area contributed by atoms with Crippen molar-refractivity contribution in [3.8, 4) is 0 Å². The quantitative estimate of drug-likeness (QED) is 0.834. The van der Waals surface area contributed by atoms with E-state index in [1.807, 2.05) is 6.92 Å². The average Bonchev–Trinajstić information content (AvgIpc) is 3.06. The molecule has 1 N–H and O–H groups in total. The molecule has 0 aromatic carbocycles. The zero-order chi connectivity index (χ0) is 13.3. The zero-order valence-electron chi connectivity index (χ0n) is 11.5. The number of hydrogen-bond donors (Lipinski definition) is 1. The number of aromatic nitrogens is 2. The molecule has 1 atom stereocenters. The van der Waals surface area contributed by atoms with Gasteiger partial charge >= 0.3 is 0 Å². The third-order valence-corrected chi connectivity index (χ3v) is 3.44. The van der Waals surface area contributed by atoms with E-state index in [1.165, 1.54) is 12.8 Å². The van der Waals surface area contributed by atoms with Crippen LogP contribution in [0.2, 0.25) is 5.15 Å². The molecule has 1 aromatic rings. The largest absolute Gasteiger partial charge is 0.366 e. The van der Waals surface area contributed by atoms with Gasteiger partial charge in [0.1, 0.15) is 16.8 Å². The molecule has 1 aromatic heterocycles. The van der Waals surface area contributed by atoms with Crippen molar-refractivity contribution in [2.24, 2.45) is 0 Å². The summed E-state index contributed by atoms with van der Waals surface area (Å²) in [5.41, 5.74) is 0.937. The molecule has 5 heteroatoms. The normalized spacial score (nSPS) is 17.0. The lowest BCUT2D eigenvalue weighted by molar-refractivity contribution is 0.391. The molecule has 1 unspecified atom stereocenters. The van der Waals surface area contributed by atoms with E-state index < -0.39 is 0 Å². The molecule has 100 valence electrons. The summed E-state index contributed by atoms with van der Waals surface area (Å²) in [4.78, 5) is 11.1. The molecule has 0 spiro atoms. The fourth-order valence-electron chi connectivity index (χ4n) is 2.00. The predicted molar refractivity (Wildman–Crippen MR) is 75.4 cm³/mol. The molecule has 1 fully saturated rings. The maximum Gasteiger partial charge on any atom is 0.137 e. The fourth-order valence-corrected chi connectivity index (χ4v) is 2.17.